The number of carbonyl (C=O) groups excluding carboxylic acids is 1. The van der Waals surface area contributed by atoms with Gasteiger partial charge in [0.2, 0.25) is 0 Å². The molecule has 0 rings (SSSR count). The van der Waals surface area contributed by atoms with Crippen LogP contribution in [0, 0.1) is 0 Å². The van der Waals surface area contributed by atoms with E-state index in [0.717, 1.165) is 31.0 Å². The van der Waals surface area contributed by atoms with Gasteiger partial charge in [-0.15, -0.1) is 0 Å². The Labute approximate surface area is 204 Å². The second kappa shape index (κ2) is 11.8. The third kappa shape index (κ3) is 6.20. The van der Waals surface area contributed by atoms with E-state index < -0.39 is 60.1 Å². The molecule has 0 aromatic heterocycles. The van der Waals surface area contributed by atoms with Crippen LogP contribution in [0.4, 0.5) is 74.6 Å². The highest BCUT2D eigenvalue weighted by Gasteiger charge is 2.95. The van der Waals surface area contributed by atoms with Crippen LogP contribution in [0.25, 0.3) is 0 Å². The van der Waals surface area contributed by atoms with Crippen LogP contribution in [0.3, 0.4) is 0 Å². The van der Waals surface area contributed by atoms with E-state index in [9.17, 15) is 79.4 Å². The first-order valence-corrected chi connectivity index (χ1v) is 10.7. The van der Waals surface area contributed by atoms with Crippen LogP contribution in [0.1, 0.15) is 58.3 Å². The Morgan fingerprint density at radius 3 is 1.16 bits per heavy atom. The van der Waals surface area contributed by atoms with Gasteiger partial charge in [-0.3, -0.25) is 4.79 Å². The van der Waals surface area contributed by atoms with Crippen molar-refractivity contribution in [3.63, 3.8) is 0 Å². The van der Waals surface area contributed by atoms with Gasteiger partial charge in [-0.25, -0.2) is 0 Å². The highest BCUT2D eigenvalue weighted by Crippen LogP contribution is 2.63. The van der Waals surface area contributed by atoms with Gasteiger partial charge in [0.1, 0.15) is 0 Å². The van der Waals surface area contributed by atoms with Crippen molar-refractivity contribution in [2.24, 2.45) is 0 Å². The summed E-state index contributed by atoms with van der Waals surface area (Å²) in [7, 11) is 0. The summed E-state index contributed by atoms with van der Waals surface area (Å²) in [6.45, 7) is 0.972. The Morgan fingerprint density at radius 2 is 0.789 bits per heavy atom. The van der Waals surface area contributed by atoms with E-state index in [1.807, 2.05) is 6.92 Å². The first-order chi connectivity index (χ1) is 16.7. The molecule has 0 atom stereocenters. The van der Waals surface area contributed by atoms with E-state index in [-0.39, 0.29) is 12.8 Å². The van der Waals surface area contributed by atoms with Gasteiger partial charge in [-0.05, 0) is 6.42 Å². The Morgan fingerprint density at radius 1 is 0.474 bits per heavy atom. The summed E-state index contributed by atoms with van der Waals surface area (Å²) in [6.07, 6.45) is -3.40. The van der Waals surface area contributed by atoms with Crippen molar-refractivity contribution >= 4 is 5.91 Å². The van der Waals surface area contributed by atoms with E-state index in [4.69, 9.17) is 0 Å². The molecular weight excluding hydrogens is 581 g/mol. The zero-order valence-corrected chi connectivity index (χ0v) is 19.2. The molecule has 0 aromatic rings. The lowest BCUT2D eigenvalue weighted by atomic mass is 9.89. The molecule has 0 radical (unpaired) electrons. The minimum atomic E-state index is -8.71. The SMILES string of the molecule is CCCCCCCCCCNC(=O)C(F)(F)C(F)(F)C(F)(F)C(F)(F)C(F)(F)C(F)(F)C(F)(F)C(F)(F)F. The summed E-state index contributed by atoms with van der Waals surface area (Å²) in [4.78, 5) is 11.3. The van der Waals surface area contributed by atoms with E-state index in [1.54, 1.807) is 0 Å². The second-order valence-electron chi connectivity index (χ2n) is 8.25. The summed E-state index contributed by atoms with van der Waals surface area (Å²) >= 11 is 0. The summed E-state index contributed by atoms with van der Waals surface area (Å²) in [5.41, 5.74) is 0. The number of amides is 1. The molecule has 0 aliphatic carbocycles. The molecule has 0 heterocycles. The van der Waals surface area contributed by atoms with Crippen molar-refractivity contribution in [2.45, 2.75) is 106 Å². The highest BCUT2D eigenvalue weighted by molar-refractivity contribution is 5.84. The summed E-state index contributed by atoms with van der Waals surface area (Å²) in [5.74, 6) is -61.2. The molecule has 19 heteroatoms. The predicted molar refractivity (Wildman–Crippen MR) is 96.3 cm³/mol. The van der Waals surface area contributed by atoms with E-state index in [0.29, 0.717) is 12.8 Å². The number of nitrogens with one attached hydrogen (secondary N) is 1. The zero-order chi connectivity index (χ0) is 30.6. The first-order valence-electron chi connectivity index (χ1n) is 10.7. The smallest absolute Gasteiger partial charge is 0.351 e. The monoisotopic (exact) mass is 603 g/mol. The van der Waals surface area contributed by atoms with Gasteiger partial charge in [-0.1, -0.05) is 51.9 Å². The van der Waals surface area contributed by atoms with Crippen molar-refractivity contribution < 1.29 is 79.4 Å². The second-order valence-corrected chi connectivity index (χ2v) is 8.25. The van der Waals surface area contributed by atoms with Gasteiger partial charge < -0.3 is 5.32 Å². The first kappa shape index (κ1) is 36.3. The number of rotatable bonds is 16. The number of halogens is 17. The maximum atomic E-state index is 13.7. The summed E-state index contributed by atoms with van der Waals surface area (Å²) in [6, 6.07) is 0. The summed E-state index contributed by atoms with van der Waals surface area (Å²) < 4.78 is 224. The molecule has 0 saturated carbocycles. The van der Waals surface area contributed by atoms with Gasteiger partial charge in [-0.2, -0.15) is 74.6 Å². The fraction of sp³-hybridized carbons (Fsp3) is 0.947. The third-order valence-corrected chi connectivity index (χ3v) is 5.32. The predicted octanol–water partition coefficient (Wildman–Crippen LogP) is 8.25. The molecule has 0 aliphatic rings. The third-order valence-electron chi connectivity index (χ3n) is 5.32. The number of carbonyl (C=O) groups is 1. The van der Waals surface area contributed by atoms with Gasteiger partial charge >= 0.3 is 47.6 Å². The minimum Gasteiger partial charge on any atom is -0.351 e. The maximum Gasteiger partial charge on any atom is 0.460 e. The van der Waals surface area contributed by atoms with E-state index >= 15 is 0 Å². The molecule has 0 aliphatic heterocycles. The van der Waals surface area contributed by atoms with Crippen LogP contribution < -0.4 is 5.32 Å². The molecule has 0 saturated heterocycles. The zero-order valence-electron chi connectivity index (χ0n) is 19.2. The lowest BCUT2D eigenvalue weighted by molar-refractivity contribution is -0.459. The Balaban J connectivity index is 5.79. The lowest BCUT2D eigenvalue weighted by Gasteiger charge is -2.42. The van der Waals surface area contributed by atoms with E-state index in [2.05, 4.69) is 0 Å². The average Bonchev–Trinajstić information content (AvgIpc) is 2.76. The molecule has 0 bridgehead atoms. The minimum absolute atomic E-state index is 0.164. The standard InChI is InChI=1S/C19H22F17NO/c1-2-3-4-5-6-7-8-9-10-37-11(38)12(20,21)13(22,23)14(24,25)15(26,27)16(28,29)17(30,31)18(32,33)19(34,35)36/h2-10H2,1H3,(H,37,38). The molecule has 0 aromatic carbocycles. The number of unbranched alkanes of at least 4 members (excludes halogenated alkanes) is 7. The Hall–Kier alpha value is -1.72. The average molecular weight is 603 g/mol. The van der Waals surface area contributed by atoms with Gasteiger partial charge in [0.05, 0.1) is 0 Å². The maximum absolute atomic E-state index is 13.7. The molecule has 1 amide bonds. The van der Waals surface area contributed by atoms with Crippen LogP contribution in [0.2, 0.25) is 0 Å². The normalized spacial score (nSPS) is 15.1. The number of alkyl halides is 17. The van der Waals surface area contributed by atoms with Crippen LogP contribution in [0.5, 0.6) is 0 Å². The van der Waals surface area contributed by atoms with Crippen molar-refractivity contribution in [1.82, 2.24) is 5.32 Å². The van der Waals surface area contributed by atoms with Crippen molar-refractivity contribution in [3.8, 4) is 0 Å². The van der Waals surface area contributed by atoms with Crippen LogP contribution in [-0.2, 0) is 4.79 Å². The molecule has 0 spiro atoms. The summed E-state index contributed by atoms with van der Waals surface area (Å²) in [5, 5.41) is 0.925. The molecular formula is C19H22F17NO. The molecule has 228 valence electrons. The molecule has 38 heavy (non-hydrogen) atoms. The molecule has 0 unspecified atom stereocenters. The van der Waals surface area contributed by atoms with E-state index in [1.165, 1.54) is 0 Å². The molecule has 2 nitrogen and oxygen atoms in total. The van der Waals surface area contributed by atoms with Gasteiger partial charge in [0.25, 0.3) is 5.91 Å². The van der Waals surface area contributed by atoms with Crippen LogP contribution in [0.15, 0.2) is 0 Å². The lowest BCUT2D eigenvalue weighted by Crippen LogP contribution is -2.75. The molecule has 1 N–H and O–H groups in total. The molecule has 0 fully saturated rings. The quantitative estimate of drug-likeness (QED) is 0.140. The fourth-order valence-electron chi connectivity index (χ4n) is 2.88. The highest BCUT2D eigenvalue weighted by atomic mass is 19.4. The number of hydrogen-bond acceptors (Lipinski definition) is 1. The van der Waals surface area contributed by atoms with Crippen molar-refractivity contribution in [1.29, 1.82) is 0 Å². The Bertz CT molecular complexity index is 776. The van der Waals surface area contributed by atoms with Crippen molar-refractivity contribution in [2.75, 3.05) is 6.54 Å². The fourth-order valence-corrected chi connectivity index (χ4v) is 2.88. The van der Waals surface area contributed by atoms with Crippen LogP contribution >= 0.6 is 0 Å². The largest absolute Gasteiger partial charge is 0.460 e. The Kier molecular flexibility index (Phi) is 11.3. The topological polar surface area (TPSA) is 29.1 Å². The number of hydrogen-bond donors (Lipinski definition) is 1. The van der Waals surface area contributed by atoms with Crippen LogP contribution in [-0.4, -0.2) is 60.1 Å². The van der Waals surface area contributed by atoms with Gasteiger partial charge in [0.15, 0.2) is 0 Å². The van der Waals surface area contributed by atoms with Gasteiger partial charge in [0, 0.05) is 6.54 Å². The van der Waals surface area contributed by atoms with Crippen molar-refractivity contribution in [3.05, 3.63) is 0 Å².